The molecule has 0 aromatic heterocycles. The van der Waals surface area contributed by atoms with Crippen molar-refractivity contribution in [1.82, 2.24) is 0 Å². The van der Waals surface area contributed by atoms with Crippen molar-refractivity contribution < 1.29 is 26.6 Å². The minimum Gasteiger partial charge on any atom is -0.374 e. The van der Waals surface area contributed by atoms with Crippen LogP contribution in [0.15, 0.2) is 30.3 Å². The van der Waals surface area contributed by atoms with Crippen LogP contribution in [-0.2, 0) is 30.7 Å². The van der Waals surface area contributed by atoms with Crippen molar-refractivity contribution in [3.05, 3.63) is 35.9 Å². The Balaban J connectivity index is 1.80. The maximum atomic E-state index is 10.6. The van der Waals surface area contributed by atoms with E-state index < -0.39 is 16.5 Å². The van der Waals surface area contributed by atoms with E-state index in [1.807, 2.05) is 30.3 Å². The van der Waals surface area contributed by atoms with Crippen LogP contribution in [0.5, 0.6) is 0 Å². The molecule has 1 saturated heterocycles. The minimum absolute atomic E-state index is 0.0410. The van der Waals surface area contributed by atoms with Crippen molar-refractivity contribution in [2.45, 2.75) is 18.8 Å². The molecule has 6 nitrogen and oxygen atoms in total. The quantitative estimate of drug-likeness (QED) is 0.584. The summed E-state index contributed by atoms with van der Waals surface area (Å²) in [5.41, 5.74) is 0.972. The molecule has 0 saturated carbocycles. The first-order valence-electron chi connectivity index (χ1n) is 5.43. The fourth-order valence-corrected chi connectivity index (χ4v) is 1.98. The van der Waals surface area contributed by atoms with Crippen molar-refractivity contribution >= 4 is 10.4 Å². The van der Waals surface area contributed by atoms with E-state index >= 15 is 0 Å². The molecule has 0 radical (unpaired) electrons. The molecule has 7 heteroatoms. The molecule has 2 rings (SSSR count). The highest BCUT2D eigenvalue weighted by atomic mass is 32.3. The van der Waals surface area contributed by atoms with Crippen molar-refractivity contribution in [3.63, 3.8) is 0 Å². The number of hydrogen-bond acceptors (Lipinski definition) is 5. The van der Waals surface area contributed by atoms with Crippen LogP contribution in [0.3, 0.4) is 0 Å². The molecule has 100 valence electrons. The van der Waals surface area contributed by atoms with Gasteiger partial charge in [-0.05, 0) is 5.56 Å². The summed E-state index contributed by atoms with van der Waals surface area (Å²) in [6.07, 6.45) is -1.13. The molecule has 1 aliphatic rings. The van der Waals surface area contributed by atoms with Crippen LogP contribution < -0.4 is 0 Å². The van der Waals surface area contributed by atoms with Gasteiger partial charge in [-0.1, -0.05) is 30.3 Å². The van der Waals surface area contributed by atoms with E-state index in [1.54, 1.807) is 0 Å². The predicted octanol–water partition coefficient (Wildman–Crippen LogP) is 0.790. The first-order valence-corrected chi connectivity index (χ1v) is 6.80. The minimum atomic E-state index is -4.48. The Kier molecular flexibility index (Phi) is 4.31. The molecular weight excluding hydrogens is 260 g/mol. The lowest BCUT2D eigenvalue weighted by Crippen LogP contribution is -2.28. The molecule has 1 heterocycles. The van der Waals surface area contributed by atoms with E-state index in [2.05, 4.69) is 4.18 Å². The largest absolute Gasteiger partial charge is 0.397 e. The first kappa shape index (κ1) is 13.4. The summed E-state index contributed by atoms with van der Waals surface area (Å²) in [6, 6.07) is 9.45. The van der Waals surface area contributed by atoms with Crippen molar-refractivity contribution in [2.75, 3.05) is 13.2 Å². The van der Waals surface area contributed by atoms with E-state index in [4.69, 9.17) is 14.0 Å². The Labute approximate surface area is 105 Å². The molecule has 1 aromatic carbocycles. The standard InChI is InChI=1S/C11H14O6S/c12-18(13,14)17-11(10-8-16-10)7-15-6-9-4-2-1-3-5-9/h1-5,10-11H,6-8H2,(H,12,13,14)/t10-,11+/m0/s1. The molecule has 0 amide bonds. The normalized spacial score (nSPS) is 20.6. The van der Waals surface area contributed by atoms with Crippen LogP contribution in [0.4, 0.5) is 0 Å². The summed E-state index contributed by atoms with van der Waals surface area (Å²) >= 11 is 0. The van der Waals surface area contributed by atoms with Gasteiger partial charge >= 0.3 is 10.4 Å². The molecule has 0 aliphatic carbocycles. The molecule has 0 unspecified atom stereocenters. The van der Waals surface area contributed by atoms with Gasteiger partial charge in [0.2, 0.25) is 0 Å². The monoisotopic (exact) mass is 274 g/mol. The van der Waals surface area contributed by atoms with E-state index in [1.165, 1.54) is 0 Å². The van der Waals surface area contributed by atoms with Gasteiger partial charge in [0.15, 0.2) is 0 Å². The number of rotatable bonds is 7. The van der Waals surface area contributed by atoms with Crippen LogP contribution in [-0.4, -0.2) is 38.4 Å². The Bertz CT molecular complexity index is 468. The second kappa shape index (κ2) is 5.77. The number of hydrogen-bond donors (Lipinski definition) is 1. The predicted molar refractivity (Wildman–Crippen MR) is 62.3 cm³/mol. The topological polar surface area (TPSA) is 85.4 Å². The van der Waals surface area contributed by atoms with Gasteiger partial charge in [0.25, 0.3) is 0 Å². The Hall–Kier alpha value is -0.990. The summed E-state index contributed by atoms with van der Waals surface area (Å²) in [7, 11) is -4.48. The second-order valence-corrected chi connectivity index (χ2v) is 4.98. The van der Waals surface area contributed by atoms with Crippen molar-refractivity contribution in [1.29, 1.82) is 0 Å². The van der Waals surface area contributed by atoms with Crippen LogP contribution in [0.1, 0.15) is 5.56 Å². The van der Waals surface area contributed by atoms with E-state index in [9.17, 15) is 8.42 Å². The van der Waals surface area contributed by atoms with Gasteiger partial charge < -0.3 is 9.47 Å². The van der Waals surface area contributed by atoms with Gasteiger partial charge in [0.05, 0.1) is 19.8 Å². The summed E-state index contributed by atoms with van der Waals surface area (Å²) in [5, 5.41) is 0. The highest BCUT2D eigenvalue weighted by Crippen LogP contribution is 2.19. The van der Waals surface area contributed by atoms with Gasteiger partial charge in [-0.15, -0.1) is 0 Å². The summed E-state index contributed by atoms with van der Waals surface area (Å²) in [5.74, 6) is 0. The smallest absolute Gasteiger partial charge is 0.374 e. The summed E-state index contributed by atoms with van der Waals surface area (Å²) in [4.78, 5) is 0. The average Bonchev–Trinajstić information content (AvgIpc) is 3.11. The molecule has 1 N–H and O–H groups in total. The summed E-state index contributed by atoms with van der Waals surface area (Å²) < 4.78 is 44.6. The molecule has 1 aliphatic heterocycles. The summed E-state index contributed by atoms with van der Waals surface area (Å²) in [6.45, 7) is 0.799. The third-order valence-corrected chi connectivity index (χ3v) is 2.90. The molecule has 1 aromatic rings. The highest BCUT2D eigenvalue weighted by molar-refractivity contribution is 7.80. The lowest BCUT2D eigenvalue weighted by atomic mass is 10.2. The molecule has 18 heavy (non-hydrogen) atoms. The third-order valence-electron chi connectivity index (χ3n) is 2.41. The van der Waals surface area contributed by atoms with Gasteiger partial charge in [-0.3, -0.25) is 4.55 Å². The van der Waals surface area contributed by atoms with Gasteiger partial charge in [0.1, 0.15) is 12.2 Å². The maximum Gasteiger partial charge on any atom is 0.397 e. The fourth-order valence-electron chi connectivity index (χ4n) is 1.49. The highest BCUT2D eigenvalue weighted by Gasteiger charge is 2.36. The van der Waals surface area contributed by atoms with Crippen molar-refractivity contribution in [2.24, 2.45) is 0 Å². The van der Waals surface area contributed by atoms with Gasteiger partial charge in [-0.25, -0.2) is 4.18 Å². The maximum absolute atomic E-state index is 10.6. The zero-order valence-corrected chi connectivity index (χ0v) is 10.4. The lowest BCUT2D eigenvalue weighted by molar-refractivity contribution is 0.0255. The number of ether oxygens (including phenoxy) is 2. The van der Waals surface area contributed by atoms with Crippen molar-refractivity contribution in [3.8, 4) is 0 Å². The van der Waals surface area contributed by atoms with Gasteiger partial charge in [0, 0.05) is 0 Å². The van der Waals surface area contributed by atoms with Crippen LogP contribution in [0.25, 0.3) is 0 Å². The molecule has 0 spiro atoms. The zero-order chi connectivity index (χ0) is 13.0. The van der Waals surface area contributed by atoms with Crippen LogP contribution in [0.2, 0.25) is 0 Å². The zero-order valence-electron chi connectivity index (χ0n) is 9.56. The third kappa shape index (κ3) is 4.71. The Morgan fingerprint density at radius 2 is 2.06 bits per heavy atom. The fraction of sp³-hybridized carbons (Fsp3) is 0.455. The molecule has 0 bridgehead atoms. The van der Waals surface area contributed by atoms with Crippen LogP contribution in [0, 0.1) is 0 Å². The Morgan fingerprint density at radius 3 is 2.61 bits per heavy atom. The molecular formula is C11H14O6S. The first-order chi connectivity index (χ1) is 8.54. The lowest BCUT2D eigenvalue weighted by Gasteiger charge is -2.13. The van der Waals surface area contributed by atoms with E-state index in [0.29, 0.717) is 13.2 Å². The van der Waals surface area contributed by atoms with Gasteiger partial charge in [-0.2, -0.15) is 8.42 Å². The molecule has 1 fully saturated rings. The van der Waals surface area contributed by atoms with E-state index in [-0.39, 0.29) is 12.7 Å². The van der Waals surface area contributed by atoms with Crippen LogP contribution >= 0.6 is 0 Å². The SMILES string of the molecule is O=S(=O)(O)O[C@H](COCc1ccccc1)[C@@H]1CO1. The second-order valence-electron chi connectivity index (χ2n) is 3.93. The molecule has 2 atom stereocenters. The number of benzene rings is 1. The van der Waals surface area contributed by atoms with E-state index in [0.717, 1.165) is 5.56 Å². The number of epoxide rings is 1. The average molecular weight is 274 g/mol. The Morgan fingerprint density at radius 1 is 1.39 bits per heavy atom.